The molecule has 0 aliphatic carbocycles. The summed E-state index contributed by atoms with van der Waals surface area (Å²) < 4.78 is 6.20. The van der Waals surface area contributed by atoms with E-state index in [0.29, 0.717) is 21.8 Å². The molecule has 2 heterocycles. The molecule has 1 aliphatic heterocycles. The van der Waals surface area contributed by atoms with Gasteiger partial charge in [-0.25, -0.2) is 0 Å². The summed E-state index contributed by atoms with van der Waals surface area (Å²) in [5, 5.41) is 13.3. The van der Waals surface area contributed by atoms with Crippen LogP contribution in [0.1, 0.15) is 25.1 Å². The summed E-state index contributed by atoms with van der Waals surface area (Å²) in [6.45, 7) is 2.12. The van der Waals surface area contributed by atoms with Gasteiger partial charge in [0.2, 0.25) is 11.0 Å². The predicted octanol–water partition coefficient (Wildman–Crippen LogP) is 5.20. The van der Waals surface area contributed by atoms with Crippen LogP contribution in [0.3, 0.4) is 0 Å². The molecule has 2 aromatic carbocycles. The van der Waals surface area contributed by atoms with Crippen LogP contribution in [-0.4, -0.2) is 20.9 Å². The minimum Gasteiger partial charge on any atom is -0.448 e. The van der Waals surface area contributed by atoms with Crippen molar-refractivity contribution in [3.63, 3.8) is 0 Å². The van der Waals surface area contributed by atoms with Crippen LogP contribution in [0.4, 0.5) is 5.69 Å². The zero-order valence-electron chi connectivity index (χ0n) is 14.1. The molecule has 0 spiro atoms. The quantitative estimate of drug-likeness (QED) is 0.624. The summed E-state index contributed by atoms with van der Waals surface area (Å²) in [6, 6.07) is 15.5. The number of halogens is 1. The zero-order chi connectivity index (χ0) is 17.9. The van der Waals surface area contributed by atoms with Gasteiger partial charge in [0.25, 0.3) is 0 Å². The van der Waals surface area contributed by atoms with Gasteiger partial charge in [-0.1, -0.05) is 60.6 Å². The fourth-order valence-corrected chi connectivity index (χ4v) is 3.55. The van der Waals surface area contributed by atoms with Crippen LogP contribution >= 0.6 is 23.4 Å². The molecule has 3 aromatic rings. The molecule has 1 unspecified atom stereocenters. The number of ether oxygens (including phenoxy) is 1. The van der Waals surface area contributed by atoms with E-state index in [-0.39, 0.29) is 0 Å². The van der Waals surface area contributed by atoms with Gasteiger partial charge in [-0.3, -0.25) is 0 Å². The lowest BCUT2D eigenvalue weighted by atomic mass is 10.1. The van der Waals surface area contributed by atoms with Crippen molar-refractivity contribution >= 4 is 29.1 Å². The summed E-state index contributed by atoms with van der Waals surface area (Å²) in [7, 11) is 0. The first-order valence-corrected chi connectivity index (χ1v) is 9.76. The van der Waals surface area contributed by atoms with Crippen LogP contribution in [0.15, 0.2) is 53.7 Å². The van der Waals surface area contributed by atoms with E-state index in [1.807, 2.05) is 48.5 Å². The summed E-state index contributed by atoms with van der Waals surface area (Å²) in [6.07, 6.45) is 0.624. The van der Waals surface area contributed by atoms with E-state index in [4.69, 9.17) is 16.3 Å². The van der Waals surface area contributed by atoms with Crippen molar-refractivity contribution in [3.8, 4) is 17.1 Å². The molecule has 0 saturated heterocycles. The van der Waals surface area contributed by atoms with E-state index in [0.717, 1.165) is 29.0 Å². The Hall–Kier alpha value is -2.31. The van der Waals surface area contributed by atoms with Crippen molar-refractivity contribution in [1.82, 2.24) is 15.2 Å². The lowest BCUT2D eigenvalue weighted by Gasteiger charge is -2.19. The second kappa shape index (κ2) is 7.51. The molecular weight excluding hydrogens is 368 g/mol. The summed E-state index contributed by atoms with van der Waals surface area (Å²) in [5.41, 5.74) is 3.39. The second-order valence-corrected chi connectivity index (χ2v) is 7.34. The number of hydrogen-bond donors (Lipinski definition) is 1. The molecule has 0 radical (unpaired) electrons. The molecule has 5 nitrogen and oxygen atoms in total. The molecule has 0 bridgehead atoms. The van der Waals surface area contributed by atoms with E-state index in [9.17, 15) is 0 Å². The third-order valence-electron chi connectivity index (χ3n) is 3.92. The van der Waals surface area contributed by atoms with Crippen LogP contribution in [-0.2, 0) is 0 Å². The Kier molecular flexibility index (Phi) is 4.95. The van der Waals surface area contributed by atoms with E-state index >= 15 is 0 Å². The first kappa shape index (κ1) is 17.1. The van der Waals surface area contributed by atoms with Crippen molar-refractivity contribution in [1.29, 1.82) is 0 Å². The normalized spacial score (nSPS) is 15.2. The minimum absolute atomic E-state index is 0.420. The number of benzene rings is 2. The fourth-order valence-electron chi connectivity index (χ4n) is 2.72. The van der Waals surface area contributed by atoms with Crippen LogP contribution in [0.5, 0.6) is 5.88 Å². The van der Waals surface area contributed by atoms with Crippen molar-refractivity contribution < 1.29 is 4.74 Å². The van der Waals surface area contributed by atoms with Crippen molar-refractivity contribution in [2.75, 3.05) is 11.1 Å². The maximum absolute atomic E-state index is 6.20. The average molecular weight is 385 g/mol. The molecular formula is C19H17ClN4OS. The standard InChI is InChI=1S/C19H17ClN4OS/c1-2-10-26-19-22-18-16(23-24-19)14-8-3-4-9-15(14)21-17(25-18)12-6-5-7-13(20)11-12/h3-9,11,17,21H,2,10H2,1H3. The smallest absolute Gasteiger partial charge is 0.247 e. The molecule has 0 fully saturated rings. The first-order chi connectivity index (χ1) is 12.7. The van der Waals surface area contributed by atoms with Gasteiger partial charge in [0.1, 0.15) is 0 Å². The number of nitrogens with one attached hydrogen (secondary N) is 1. The van der Waals surface area contributed by atoms with Gasteiger partial charge < -0.3 is 10.1 Å². The zero-order valence-corrected chi connectivity index (χ0v) is 15.7. The predicted molar refractivity (Wildman–Crippen MR) is 105 cm³/mol. The van der Waals surface area contributed by atoms with Crippen LogP contribution < -0.4 is 10.1 Å². The van der Waals surface area contributed by atoms with Gasteiger partial charge >= 0.3 is 0 Å². The molecule has 132 valence electrons. The Balaban J connectivity index is 1.79. The number of nitrogens with zero attached hydrogens (tertiary/aromatic N) is 3. The summed E-state index contributed by atoms with van der Waals surface area (Å²) in [5.74, 6) is 1.41. The Labute approximate surface area is 161 Å². The number of aromatic nitrogens is 3. The van der Waals surface area contributed by atoms with Gasteiger partial charge in [-0.2, -0.15) is 4.98 Å². The minimum atomic E-state index is -0.420. The molecule has 7 heteroatoms. The Morgan fingerprint density at radius 2 is 2.04 bits per heavy atom. The molecule has 0 amide bonds. The number of rotatable bonds is 4. The van der Waals surface area contributed by atoms with E-state index in [1.54, 1.807) is 11.8 Å². The van der Waals surface area contributed by atoms with Gasteiger partial charge in [0.05, 0.1) is 0 Å². The topological polar surface area (TPSA) is 59.9 Å². The first-order valence-electron chi connectivity index (χ1n) is 8.40. The summed E-state index contributed by atoms with van der Waals surface area (Å²) in [4.78, 5) is 4.60. The molecule has 1 aliphatic rings. The van der Waals surface area contributed by atoms with Gasteiger partial charge in [-0.05, 0) is 24.6 Å². The largest absolute Gasteiger partial charge is 0.448 e. The van der Waals surface area contributed by atoms with Crippen LogP contribution in [0, 0.1) is 0 Å². The fraction of sp³-hybridized carbons (Fsp3) is 0.211. The lowest BCUT2D eigenvalue weighted by molar-refractivity contribution is 0.225. The van der Waals surface area contributed by atoms with E-state index in [2.05, 4.69) is 27.4 Å². The highest BCUT2D eigenvalue weighted by Crippen LogP contribution is 2.39. The Morgan fingerprint density at radius 3 is 2.88 bits per heavy atom. The Bertz CT molecular complexity index is 937. The molecule has 4 rings (SSSR count). The van der Waals surface area contributed by atoms with E-state index < -0.39 is 6.23 Å². The SMILES string of the molecule is CCCSc1nnc2c(n1)OC(c1cccc(Cl)c1)Nc1ccccc1-2. The van der Waals surface area contributed by atoms with Crippen molar-refractivity contribution in [2.45, 2.75) is 24.7 Å². The molecule has 1 atom stereocenters. The van der Waals surface area contributed by atoms with Crippen LogP contribution in [0.25, 0.3) is 11.3 Å². The summed E-state index contributed by atoms with van der Waals surface area (Å²) >= 11 is 7.74. The highest BCUT2D eigenvalue weighted by Gasteiger charge is 2.26. The molecule has 1 N–H and O–H groups in total. The third kappa shape index (κ3) is 3.48. The number of hydrogen-bond acceptors (Lipinski definition) is 6. The van der Waals surface area contributed by atoms with Crippen molar-refractivity contribution in [2.24, 2.45) is 0 Å². The molecule has 0 saturated carbocycles. The molecule has 26 heavy (non-hydrogen) atoms. The number of anilines is 1. The molecule has 1 aromatic heterocycles. The lowest BCUT2D eigenvalue weighted by Crippen LogP contribution is -2.17. The maximum Gasteiger partial charge on any atom is 0.247 e. The van der Waals surface area contributed by atoms with Gasteiger partial charge in [0, 0.05) is 27.6 Å². The van der Waals surface area contributed by atoms with E-state index in [1.165, 1.54) is 0 Å². The number of fused-ring (bicyclic) bond motifs is 3. The van der Waals surface area contributed by atoms with Crippen molar-refractivity contribution in [3.05, 3.63) is 59.1 Å². The highest BCUT2D eigenvalue weighted by atomic mass is 35.5. The second-order valence-electron chi connectivity index (χ2n) is 5.84. The monoisotopic (exact) mass is 384 g/mol. The number of thioether (sulfide) groups is 1. The highest BCUT2D eigenvalue weighted by molar-refractivity contribution is 7.99. The number of para-hydroxylation sites is 1. The van der Waals surface area contributed by atoms with Crippen LogP contribution in [0.2, 0.25) is 5.02 Å². The van der Waals surface area contributed by atoms with Gasteiger partial charge in [0.15, 0.2) is 11.9 Å². The average Bonchev–Trinajstić information content (AvgIpc) is 2.83. The Morgan fingerprint density at radius 1 is 1.15 bits per heavy atom. The van der Waals surface area contributed by atoms with Gasteiger partial charge in [-0.15, -0.1) is 10.2 Å². The third-order valence-corrected chi connectivity index (χ3v) is 5.20. The maximum atomic E-state index is 6.20.